The number of hydrogen-bond donors (Lipinski definition) is 0. The van der Waals surface area contributed by atoms with Crippen LogP contribution in [0.5, 0.6) is 0 Å². The molecule has 1 aromatic rings. The fourth-order valence-corrected chi connectivity index (χ4v) is 3.12. The van der Waals surface area contributed by atoms with E-state index >= 15 is 0 Å². The Labute approximate surface area is 107 Å². The quantitative estimate of drug-likeness (QED) is 0.539. The van der Waals surface area contributed by atoms with Gasteiger partial charge in [0.05, 0.1) is 13.2 Å². The van der Waals surface area contributed by atoms with E-state index in [9.17, 15) is 9.36 Å². The lowest BCUT2D eigenvalue weighted by atomic mass is 10.3. The first-order valence-electron chi connectivity index (χ1n) is 5.80. The molecule has 0 fully saturated rings. The lowest BCUT2D eigenvalue weighted by Gasteiger charge is -2.23. The third-order valence-electron chi connectivity index (χ3n) is 2.19. The molecule has 0 aromatic heterocycles. The molecular weight excluding hydrogens is 253 g/mol. The highest BCUT2D eigenvalue weighted by atomic mass is 31.2. The number of carbonyl (C=O) groups excluding carboxylic acids is 1. The lowest BCUT2D eigenvalue weighted by Crippen LogP contribution is -2.23. The van der Waals surface area contributed by atoms with Crippen molar-refractivity contribution in [1.82, 2.24) is 0 Å². The topological polar surface area (TPSA) is 55.8 Å². The number of benzene rings is 1. The third kappa shape index (κ3) is 4.26. The summed E-state index contributed by atoms with van der Waals surface area (Å²) in [6.07, 6.45) is 0.544. The fourth-order valence-electron chi connectivity index (χ4n) is 1.49. The maximum absolute atomic E-state index is 12.3. The Balaban J connectivity index is 2.84. The molecule has 100 valence electrons. The van der Waals surface area contributed by atoms with Crippen LogP contribution in [0.25, 0.3) is 0 Å². The molecule has 1 aromatic carbocycles. The number of rotatable bonds is 8. The summed E-state index contributed by atoms with van der Waals surface area (Å²) in [5.41, 5.74) is 0.659. The number of amides is 1. The molecule has 0 saturated carbocycles. The average Bonchev–Trinajstić information content (AvgIpc) is 2.38. The van der Waals surface area contributed by atoms with Crippen LogP contribution < -0.4 is 4.90 Å². The minimum Gasteiger partial charge on any atom is -0.308 e. The summed E-state index contributed by atoms with van der Waals surface area (Å²) in [6, 6.07) is 8.97. The smallest absolute Gasteiger partial charge is 0.308 e. The van der Waals surface area contributed by atoms with Gasteiger partial charge in [0.15, 0.2) is 0 Å². The average molecular weight is 271 g/mol. The molecule has 1 amide bonds. The van der Waals surface area contributed by atoms with Crippen LogP contribution in [0.15, 0.2) is 30.3 Å². The van der Waals surface area contributed by atoms with Crippen molar-refractivity contribution >= 4 is 19.7 Å². The Kier molecular flexibility index (Phi) is 6.05. The molecule has 0 unspecified atom stereocenters. The van der Waals surface area contributed by atoms with Crippen LogP contribution in [0.1, 0.15) is 13.8 Å². The van der Waals surface area contributed by atoms with E-state index in [4.69, 9.17) is 9.05 Å². The van der Waals surface area contributed by atoms with Crippen LogP contribution in [0.2, 0.25) is 0 Å². The second-order valence-electron chi connectivity index (χ2n) is 3.50. The van der Waals surface area contributed by atoms with Crippen molar-refractivity contribution in [2.75, 3.05) is 24.4 Å². The van der Waals surface area contributed by atoms with Crippen molar-refractivity contribution in [1.29, 1.82) is 0 Å². The number of para-hydroxylation sites is 1. The van der Waals surface area contributed by atoms with Crippen molar-refractivity contribution < 1.29 is 18.4 Å². The van der Waals surface area contributed by atoms with Gasteiger partial charge in [-0.05, 0) is 26.0 Å². The second kappa shape index (κ2) is 7.31. The lowest BCUT2D eigenvalue weighted by molar-refractivity contribution is -0.107. The molecule has 18 heavy (non-hydrogen) atoms. The molecular formula is C12H18NO4P. The van der Waals surface area contributed by atoms with Crippen molar-refractivity contribution in [2.45, 2.75) is 13.8 Å². The summed E-state index contributed by atoms with van der Waals surface area (Å²) in [5.74, 6) is 0. The number of nitrogens with zero attached hydrogens (tertiary/aromatic N) is 1. The normalized spacial score (nSPS) is 11.2. The second-order valence-corrected chi connectivity index (χ2v) is 5.52. The van der Waals surface area contributed by atoms with E-state index in [0.29, 0.717) is 12.1 Å². The predicted octanol–water partition coefficient (Wildman–Crippen LogP) is 2.87. The van der Waals surface area contributed by atoms with Gasteiger partial charge < -0.3 is 13.9 Å². The monoisotopic (exact) mass is 271 g/mol. The molecule has 0 N–H and O–H groups in total. The van der Waals surface area contributed by atoms with Gasteiger partial charge in [0, 0.05) is 5.69 Å². The minimum absolute atomic E-state index is 0.0812. The van der Waals surface area contributed by atoms with Crippen LogP contribution >= 0.6 is 7.60 Å². The number of carbonyl (C=O) groups is 1. The molecule has 0 spiro atoms. The molecule has 0 bridgehead atoms. The van der Waals surface area contributed by atoms with E-state index < -0.39 is 7.60 Å². The third-order valence-corrected chi connectivity index (χ3v) is 4.15. The van der Waals surface area contributed by atoms with E-state index in [1.807, 2.05) is 6.07 Å². The van der Waals surface area contributed by atoms with Crippen molar-refractivity contribution in [3.63, 3.8) is 0 Å². The van der Waals surface area contributed by atoms with Gasteiger partial charge in [-0.15, -0.1) is 0 Å². The van der Waals surface area contributed by atoms with Crippen molar-refractivity contribution in [3.8, 4) is 0 Å². The first kappa shape index (κ1) is 14.9. The summed E-state index contributed by atoms with van der Waals surface area (Å²) in [5, 5.41) is 0. The van der Waals surface area contributed by atoms with Gasteiger partial charge in [0.25, 0.3) is 0 Å². The first-order chi connectivity index (χ1) is 8.65. The van der Waals surface area contributed by atoms with Gasteiger partial charge >= 0.3 is 7.60 Å². The molecule has 0 radical (unpaired) electrons. The Bertz CT molecular complexity index is 400. The number of hydrogen-bond acceptors (Lipinski definition) is 4. The van der Waals surface area contributed by atoms with E-state index in [-0.39, 0.29) is 19.5 Å². The summed E-state index contributed by atoms with van der Waals surface area (Å²) >= 11 is 0. The highest BCUT2D eigenvalue weighted by molar-refractivity contribution is 7.54. The van der Waals surface area contributed by atoms with Crippen molar-refractivity contribution in [2.24, 2.45) is 0 Å². The highest BCUT2D eigenvalue weighted by Crippen LogP contribution is 2.48. The summed E-state index contributed by atoms with van der Waals surface area (Å²) in [4.78, 5) is 12.4. The van der Waals surface area contributed by atoms with Gasteiger partial charge in [-0.2, -0.15) is 0 Å². The van der Waals surface area contributed by atoms with E-state index in [2.05, 4.69) is 0 Å². The zero-order chi connectivity index (χ0) is 13.4. The maximum atomic E-state index is 12.3. The first-order valence-corrected chi connectivity index (χ1v) is 7.53. The van der Waals surface area contributed by atoms with Crippen LogP contribution in [0, 0.1) is 0 Å². The molecule has 6 heteroatoms. The molecule has 0 aliphatic heterocycles. The zero-order valence-electron chi connectivity index (χ0n) is 10.6. The van der Waals surface area contributed by atoms with E-state index in [1.165, 1.54) is 4.90 Å². The molecule has 0 heterocycles. The molecule has 1 rings (SSSR count). The van der Waals surface area contributed by atoms with Crippen LogP contribution in [-0.4, -0.2) is 25.9 Å². The molecule has 0 saturated heterocycles. The largest absolute Gasteiger partial charge is 0.350 e. The maximum Gasteiger partial charge on any atom is 0.350 e. The van der Waals surface area contributed by atoms with E-state index in [0.717, 1.165) is 0 Å². The van der Waals surface area contributed by atoms with Gasteiger partial charge in [-0.1, -0.05) is 18.2 Å². The molecule has 0 atom stereocenters. The highest BCUT2D eigenvalue weighted by Gasteiger charge is 2.27. The summed E-state index contributed by atoms with van der Waals surface area (Å²) in [6.45, 7) is 4.02. The summed E-state index contributed by atoms with van der Waals surface area (Å²) < 4.78 is 22.6. The Morgan fingerprint density at radius 2 is 1.72 bits per heavy atom. The Morgan fingerprint density at radius 1 is 1.17 bits per heavy atom. The zero-order valence-corrected chi connectivity index (χ0v) is 11.5. The molecule has 0 aliphatic carbocycles. The summed E-state index contributed by atoms with van der Waals surface area (Å²) in [7, 11) is -3.26. The Morgan fingerprint density at radius 3 is 2.17 bits per heavy atom. The standard InChI is InChI=1S/C12H18NO4P/c1-3-16-18(15,17-4-2)11-13(10-14)12-8-6-5-7-9-12/h5-10H,3-4,11H2,1-2H3. The van der Waals surface area contributed by atoms with Gasteiger partial charge in [-0.3, -0.25) is 9.36 Å². The molecule has 5 nitrogen and oxygen atoms in total. The van der Waals surface area contributed by atoms with Crippen LogP contribution in [-0.2, 0) is 18.4 Å². The van der Waals surface area contributed by atoms with Gasteiger partial charge in [0.2, 0.25) is 6.41 Å². The van der Waals surface area contributed by atoms with Crippen LogP contribution in [0.3, 0.4) is 0 Å². The SMILES string of the molecule is CCOP(=O)(CN(C=O)c1ccccc1)OCC. The van der Waals surface area contributed by atoms with E-state index in [1.54, 1.807) is 38.1 Å². The predicted molar refractivity (Wildman–Crippen MR) is 70.7 cm³/mol. The van der Waals surface area contributed by atoms with Gasteiger partial charge in [-0.25, -0.2) is 0 Å². The fraction of sp³-hybridized carbons (Fsp3) is 0.417. The molecule has 0 aliphatic rings. The van der Waals surface area contributed by atoms with Crippen molar-refractivity contribution in [3.05, 3.63) is 30.3 Å². The van der Waals surface area contributed by atoms with Crippen LogP contribution in [0.4, 0.5) is 5.69 Å². The van der Waals surface area contributed by atoms with Gasteiger partial charge in [0.1, 0.15) is 6.29 Å². The minimum atomic E-state index is -3.26. The Hall–Kier alpha value is -1.16. The number of anilines is 1.